The number of ether oxygens (including phenoxy) is 1. The van der Waals surface area contributed by atoms with E-state index >= 15 is 0 Å². The first-order valence-corrected chi connectivity index (χ1v) is 12.3. The van der Waals surface area contributed by atoms with Gasteiger partial charge >= 0.3 is 6.18 Å². The van der Waals surface area contributed by atoms with E-state index < -0.39 is 23.5 Å². The Kier molecular flexibility index (Phi) is 10.4. The number of halogens is 3. The molecule has 222 valence electrons. The summed E-state index contributed by atoms with van der Waals surface area (Å²) in [4.78, 5) is 24.1. The Balaban J connectivity index is 0.00000280. The topological polar surface area (TPSA) is 103 Å². The van der Waals surface area contributed by atoms with Crippen molar-refractivity contribution in [1.82, 2.24) is 29.5 Å². The summed E-state index contributed by atoms with van der Waals surface area (Å²) in [7, 11) is 3.31. The van der Waals surface area contributed by atoms with Gasteiger partial charge in [-0.1, -0.05) is 0 Å². The van der Waals surface area contributed by atoms with Gasteiger partial charge in [0.2, 0.25) is 5.95 Å². The van der Waals surface area contributed by atoms with Gasteiger partial charge in [0.05, 0.1) is 30.1 Å². The number of aryl methyl sites for hydroxylation is 2. The maximum atomic E-state index is 13.0. The number of aromatic nitrogens is 6. The SMILES string of the molecule is Cc1nc(NCc2cnn(Cc3cc(C(F)(F)F)nn3C)c2)nc2c1CC(=O)C([C@H](C)OC(C)(C)C)N2C.S.S. The number of hydrogen-bond donors (Lipinski definition) is 1. The molecule has 4 heterocycles. The van der Waals surface area contributed by atoms with Gasteiger partial charge in [-0.2, -0.15) is 55.3 Å². The molecule has 0 fully saturated rings. The van der Waals surface area contributed by atoms with Gasteiger partial charge in [-0.25, -0.2) is 4.98 Å². The number of likely N-dealkylation sites (N-methyl/N-ethyl adjacent to an activating group) is 1. The number of hydrogen-bond acceptors (Lipinski definition) is 8. The lowest BCUT2D eigenvalue weighted by Gasteiger charge is -2.39. The van der Waals surface area contributed by atoms with Crippen LogP contribution >= 0.6 is 27.0 Å². The van der Waals surface area contributed by atoms with Crippen molar-refractivity contribution in [3.05, 3.63) is 46.7 Å². The molecule has 1 unspecified atom stereocenters. The number of nitrogens with zero attached hydrogens (tertiary/aromatic N) is 7. The number of nitrogens with one attached hydrogen (secondary N) is 1. The van der Waals surface area contributed by atoms with Crippen molar-refractivity contribution < 1.29 is 22.7 Å². The highest BCUT2D eigenvalue weighted by Gasteiger charge is 2.39. The highest BCUT2D eigenvalue weighted by atomic mass is 32.1. The molecule has 0 radical (unpaired) electrons. The number of anilines is 2. The molecule has 0 spiro atoms. The second-order valence-corrected chi connectivity index (χ2v) is 10.6. The molecule has 1 aliphatic rings. The molecule has 0 aliphatic carbocycles. The van der Waals surface area contributed by atoms with Crippen LogP contribution in [0.5, 0.6) is 0 Å². The maximum Gasteiger partial charge on any atom is 0.435 e. The monoisotopic (exact) mass is 602 g/mol. The molecule has 3 aromatic rings. The largest absolute Gasteiger partial charge is 0.435 e. The van der Waals surface area contributed by atoms with Crippen molar-refractivity contribution in [3.63, 3.8) is 0 Å². The number of ketones is 1. The highest BCUT2D eigenvalue weighted by Crippen LogP contribution is 2.32. The summed E-state index contributed by atoms with van der Waals surface area (Å²) in [6.07, 6.45) is -1.21. The third-order valence-corrected chi connectivity index (χ3v) is 6.34. The Bertz CT molecular complexity index is 1340. The van der Waals surface area contributed by atoms with Crippen LogP contribution in [0, 0.1) is 6.92 Å². The third-order valence-electron chi connectivity index (χ3n) is 6.34. The fourth-order valence-corrected chi connectivity index (χ4v) is 4.71. The number of rotatable bonds is 7. The average Bonchev–Trinajstić information content (AvgIpc) is 3.38. The van der Waals surface area contributed by atoms with Gasteiger partial charge in [0.15, 0.2) is 11.5 Å². The van der Waals surface area contributed by atoms with E-state index in [4.69, 9.17) is 9.72 Å². The summed E-state index contributed by atoms with van der Waals surface area (Å²) in [5, 5.41) is 11.0. The smallest absolute Gasteiger partial charge is 0.370 e. The number of Topliss-reactive ketones (excluding diaryl/α,β-unsaturated/α-hetero) is 1. The van der Waals surface area contributed by atoms with E-state index in [-0.39, 0.29) is 51.8 Å². The van der Waals surface area contributed by atoms with E-state index in [0.717, 1.165) is 17.2 Å². The van der Waals surface area contributed by atoms with Crippen LogP contribution in [0.3, 0.4) is 0 Å². The lowest BCUT2D eigenvalue weighted by Crippen LogP contribution is -2.52. The first-order chi connectivity index (χ1) is 17.6. The molecule has 15 heteroatoms. The average molecular weight is 603 g/mol. The minimum atomic E-state index is -4.50. The van der Waals surface area contributed by atoms with E-state index in [1.807, 2.05) is 46.6 Å². The molecule has 1 aliphatic heterocycles. The van der Waals surface area contributed by atoms with Crippen molar-refractivity contribution in [1.29, 1.82) is 0 Å². The van der Waals surface area contributed by atoms with E-state index in [0.29, 0.717) is 29.7 Å². The van der Waals surface area contributed by atoms with Crippen LogP contribution < -0.4 is 10.2 Å². The molecule has 3 aromatic heterocycles. The summed E-state index contributed by atoms with van der Waals surface area (Å²) >= 11 is 0. The number of fused-ring (bicyclic) bond motifs is 1. The number of carbonyl (C=O) groups is 1. The van der Waals surface area contributed by atoms with Crippen molar-refractivity contribution in [2.75, 3.05) is 17.3 Å². The van der Waals surface area contributed by atoms with E-state index in [1.54, 1.807) is 17.1 Å². The van der Waals surface area contributed by atoms with Crippen molar-refractivity contribution in [2.45, 2.75) is 78.1 Å². The normalized spacial score (nSPS) is 16.2. The summed E-state index contributed by atoms with van der Waals surface area (Å²) in [5.41, 5.74) is 1.37. The van der Waals surface area contributed by atoms with Crippen molar-refractivity contribution >= 4 is 44.5 Å². The number of alkyl halides is 3. The van der Waals surface area contributed by atoms with Crippen LogP contribution in [0.1, 0.15) is 55.9 Å². The molecular weight excluding hydrogens is 565 g/mol. The fourth-order valence-electron chi connectivity index (χ4n) is 4.71. The first-order valence-electron chi connectivity index (χ1n) is 12.3. The van der Waals surface area contributed by atoms with E-state index in [9.17, 15) is 18.0 Å². The summed E-state index contributed by atoms with van der Waals surface area (Å²) in [6, 6.07) is 0.553. The van der Waals surface area contributed by atoms with Crippen LogP contribution in [0.2, 0.25) is 0 Å². The van der Waals surface area contributed by atoms with Crippen LogP contribution in [-0.4, -0.2) is 60.1 Å². The Labute approximate surface area is 245 Å². The molecule has 0 saturated carbocycles. The Morgan fingerprint density at radius 1 is 1.18 bits per heavy atom. The minimum absolute atomic E-state index is 0. The van der Waals surface area contributed by atoms with Crippen LogP contribution in [0.4, 0.5) is 24.9 Å². The van der Waals surface area contributed by atoms with Crippen molar-refractivity contribution in [2.24, 2.45) is 7.05 Å². The number of carbonyl (C=O) groups excluding carboxylic acids is 1. The lowest BCUT2D eigenvalue weighted by molar-refractivity contribution is -0.141. The zero-order valence-electron chi connectivity index (χ0n) is 23.6. The molecule has 2 atom stereocenters. The second kappa shape index (κ2) is 12.4. The van der Waals surface area contributed by atoms with Gasteiger partial charge in [0.25, 0.3) is 0 Å². The van der Waals surface area contributed by atoms with Gasteiger partial charge in [0, 0.05) is 50.1 Å². The van der Waals surface area contributed by atoms with Gasteiger partial charge in [-0.15, -0.1) is 0 Å². The van der Waals surface area contributed by atoms with Gasteiger partial charge in [-0.05, 0) is 40.7 Å². The molecule has 1 N–H and O–H groups in total. The predicted octanol–water partition coefficient (Wildman–Crippen LogP) is 3.75. The quantitative estimate of drug-likeness (QED) is 0.436. The molecule has 10 nitrogen and oxygen atoms in total. The standard InChI is InChI=1S/C25H33F3N8O2.2H2S/c1-14-18-9-19(37)21(15(2)38-24(3,4)5)34(6)22(18)32-23(31-14)29-10-16-11-30-36(12-16)13-17-8-20(25(26,27)28)33-35(17)7;;/h8,11-12,15,21H,9-10,13H2,1-7H3,(H,29,31,32);2*1H2/t15-,21?;;/m0../s1. The molecule has 0 bridgehead atoms. The maximum absolute atomic E-state index is 13.0. The van der Waals surface area contributed by atoms with Crippen LogP contribution in [0.25, 0.3) is 0 Å². The Morgan fingerprint density at radius 2 is 1.85 bits per heavy atom. The van der Waals surface area contributed by atoms with Crippen LogP contribution in [0.15, 0.2) is 18.5 Å². The molecule has 0 amide bonds. The molecule has 40 heavy (non-hydrogen) atoms. The summed E-state index contributed by atoms with van der Waals surface area (Å²) < 4.78 is 47.7. The van der Waals surface area contributed by atoms with E-state index in [2.05, 4.69) is 20.5 Å². The zero-order valence-corrected chi connectivity index (χ0v) is 25.6. The predicted molar refractivity (Wildman–Crippen MR) is 156 cm³/mol. The highest BCUT2D eigenvalue weighted by molar-refractivity contribution is 7.59. The van der Waals surface area contributed by atoms with E-state index in [1.165, 1.54) is 11.7 Å². The first kappa shape index (κ1) is 33.4. The third kappa shape index (κ3) is 7.49. The van der Waals surface area contributed by atoms with Gasteiger partial charge in [0.1, 0.15) is 11.9 Å². The molecule has 4 rings (SSSR count). The van der Waals surface area contributed by atoms with Crippen LogP contribution in [-0.2, 0) is 42.3 Å². The Hall–Kier alpha value is -2.78. The van der Waals surface area contributed by atoms with Gasteiger partial charge < -0.3 is 15.0 Å². The molecular formula is C25H37F3N8O2S2. The summed E-state index contributed by atoms with van der Waals surface area (Å²) in [5.74, 6) is 1.15. The molecule has 0 aromatic carbocycles. The van der Waals surface area contributed by atoms with Crippen molar-refractivity contribution in [3.8, 4) is 0 Å². The Morgan fingerprint density at radius 3 is 2.45 bits per heavy atom. The zero-order chi connectivity index (χ0) is 28.0. The second-order valence-electron chi connectivity index (χ2n) is 10.6. The minimum Gasteiger partial charge on any atom is -0.370 e. The molecule has 0 saturated heterocycles. The summed E-state index contributed by atoms with van der Waals surface area (Å²) in [6.45, 7) is 10.1. The fraction of sp³-hybridized carbons (Fsp3) is 0.560. The van der Waals surface area contributed by atoms with Gasteiger partial charge in [-0.3, -0.25) is 14.2 Å². The lowest BCUT2D eigenvalue weighted by atomic mass is 9.93.